The molecule has 1 aromatic heterocycles. The molecule has 1 heterocycles. The maximum Gasteiger partial charge on any atom is 0.285 e. The number of aromatic amines is 1. The molecule has 0 aliphatic rings. The minimum atomic E-state index is -2.98. The molecule has 0 fully saturated rings. The van der Waals surface area contributed by atoms with E-state index in [9.17, 15) is 8.78 Å². The topological polar surface area (TPSA) is 54.7 Å². The Balaban J connectivity index is 2.55. The fourth-order valence-corrected chi connectivity index (χ4v) is 1.48. The molecule has 0 spiro atoms. The van der Waals surface area contributed by atoms with Gasteiger partial charge in [0.1, 0.15) is 5.82 Å². The van der Waals surface area contributed by atoms with Crippen LogP contribution in [0.5, 0.6) is 0 Å². The van der Waals surface area contributed by atoms with E-state index in [4.69, 9.17) is 5.73 Å². The van der Waals surface area contributed by atoms with Crippen LogP contribution in [-0.4, -0.2) is 16.5 Å². The summed E-state index contributed by atoms with van der Waals surface area (Å²) in [6.45, 7) is 1.09. The summed E-state index contributed by atoms with van der Waals surface area (Å²) in [6.07, 6.45) is 0. The predicted octanol–water partition coefficient (Wildman–Crippen LogP) is 1.92. The highest BCUT2D eigenvalue weighted by molar-refractivity contribution is 5.76. The molecule has 5 heteroatoms. The number of nitrogens with one attached hydrogen (secondary N) is 1. The van der Waals surface area contributed by atoms with Gasteiger partial charge in [-0.15, -0.1) is 0 Å². The molecule has 3 nitrogen and oxygen atoms in total. The van der Waals surface area contributed by atoms with E-state index in [1.807, 2.05) is 0 Å². The Hall–Kier alpha value is -1.49. The molecule has 0 saturated carbocycles. The minimum absolute atomic E-state index is 0.0823. The zero-order chi connectivity index (χ0) is 11.1. The number of aryl methyl sites for hydroxylation is 1. The highest BCUT2D eigenvalue weighted by Crippen LogP contribution is 2.28. The van der Waals surface area contributed by atoms with Gasteiger partial charge in [0, 0.05) is 5.56 Å². The van der Waals surface area contributed by atoms with E-state index >= 15 is 0 Å². The van der Waals surface area contributed by atoms with Crippen molar-refractivity contribution in [3.63, 3.8) is 0 Å². The van der Waals surface area contributed by atoms with E-state index in [1.165, 1.54) is 12.1 Å². The second kappa shape index (κ2) is 3.27. The zero-order valence-electron chi connectivity index (χ0n) is 8.22. The third-order valence-electron chi connectivity index (χ3n) is 2.28. The van der Waals surface area contributed by atoms with Gasteiger partial charge in [0.05, 0.1) is 17.6 Å². The van der Waals surface area contributed by atoms with Gasteiger partial charge < -0.3 is 10.7 Å². The Morgan fingerprint density at radius 3 is 2.87 bits per heavy atom. The van der Waals surface area contributed by atoms with Crippen molar-refractivity contribution in [3.8, 4) is 0 Å². The molecule has 2 aromatic rings. The quantitative estimate of drug-likeness (QED) is 0.797. The summed E-state index contributed by atoms with van der Waals surface area (Å²) in [5.41, 5.74) is 6.22. The number of hydrogen-bond donors (Lipinski definition) is 2. The molecule has 3 N–H and O–H groups in total. The fourth-order valence-electron chi connectivity index (χ4n) is 1.48. The summed E-state index contributed by atoms with van der Waals surface area (Å²) in [5.74, 6) is -2.27. The first-order chi connectivity index (χ1) is 7.03. The fraction of sp³-hybridized carbons (Fsp3) is 0.300. The van der Waals surface area contributed by atoms with E-state index in [0.29, 0.717) is 16.9 Å². The molecule has 0 saturated heterocycles. The van der Waals surface area contributed by atoms with Crippen molar-refractivity contribution in [1.29, 1.82) is 0 Å². The van der Waals surface area contributed by atoms with Crippen LogP contribution in [0.1, 0.15) is 11.4 Å². The Kier molecular flexibility index (Phi) is 2.19. The largest absolute Gasteiger partial charge is 0.342 e. The van der Waals surface area contributed by atoms with Gasteiger partial charge in [-0.25, -0.2) is 4.98 Å². The van der Waals surface area contributed by atoms with Crippen molar-refractivity contribution in [1.82, 2.24) is 9.97 Å². The first-order valence-corrected chi connectivity index (χ1v) is 4.58. The second-order valence-electron chi connectivity index (χ2n) is 3.46. The van der Waals surface area contributed by atoms with Crippen molar-refractivity contribution in [3.05, 3.63) is 29.6 Å². The van der Waals surface area contributed by atoms with Gasteiger partial charge in [0.25, 0.3) is 5.92 Å². The van der Waals surface area contributed by atoms with Crippen molar-refractivity contribution in [2.45, 2.75) is 12.8 Å². The van der Waals surface area contributed by atoms with Gasteiger partial charge in [-0.2, -0.15) is 8.78 Å². The van der Waals surface area contributed by atoms with Crippen molar-refractivity contribution in [2.24, 2.45) is 5.73 Å². The van der Waals surface area contributed by atoms with Crippen LogP contribution in [0.2, 0.25) is 0 Å². The second-order valence-corrected chi connectivity index (χ2v) is 3.46. The van der Waals surface area contributed by atoms with Crippen LogP contribution < -0.4 is 5.73 Å². The maximum absolute atomic E-state index is 13.3. The number of rotatable bonds is 2. The first-order valence-electron chi connectivity index (χ1n) is 4.58. The Labute approximate surface area is 85.3 Å². The number of aromatic nitrogens is 2. The molecule has 1 aromatic carbocycles. The number of fused-ring (bicyclic) bond motifs is 1. The van der Waals surface area contributed by atoms with Crippen LogP contribution in [0.15, 0.2) is 18.2 Å². The first kappa shape index (κ1) is 10.0. The third kappa shape index (κ3) is 1.70. The van der Waals surface area contributed by atoms with Crippen molar-refractivity contribution < 1.29 is 8.78 Å². The number of imidazole rings is 1. The molecule has 15 heavy (non-hydrogen) atoms. The Bertz CT molecular complexity index is 490. The Morgan fingerprint density at radius 1 is 1.47 bits per heavy atom. The monoisotopic (exact) mass is 211 g/mol. The van der Waals surface area contributed by atoms with E-state index in [1.54, 1.807) is 13.0 Å². The standard InChI is InChI=1S/C10H11F2N3/c1-6-14-8-3-2-7(4-9(8)15-6)10(11,12)5-13/h2-4H,5,13H2,1H3,(H,14,15). The molecule has 0 amide bonds. The number of benzene rings is 1. The normalized spacial score (nSPS) is 12.3. The molecule has 2 rings (SSSR count). The van der Waals surface area contributed by atoms with Crippen LogP contribution in [0.25, 0.3) is 11.0 Å². The van der Waals surface area contributed by atoms with Crippen molar-refractivity contribution in [2.75, 3.05) is 6.54 Å². The van der Waals surface area contributed by atoms with Gasteiger partial charge in [-0.3, -0.25) is 0 Å². The third-order valence-corrected chi connectivity index (χ3v) is 2.28. The van der Waals surface area contributed by atoms with Gasteiger partial charge in [0.2, 0.25) is 0 Å². The zero-order valence-corrected chi connectivity index (χ0v) is 8.22. The lowest BCUT2D eigenvalue weighted by molar-refractivity contribution is 0.00607. The van der Waals surface area contributed by atoms with Crippen LogP contribution in [0, 0.1) is 6.92 Å². The lowest BCUT2D eigenvalue weighted by Crippen LogP contribution is -2.24. The SMILES string of the molecule is Cc1nc2ccc(C(F)(F)CN)cc2[nH]1. The highest BCUT2D eigenvalue weighted by atomic mass is 19.3. The van der Waals surface area contributed by atoms with Crippen LogP contribution in [-0.2, 0) is 5.92 Å². The van der Waals surface area contributed by atoms with E-state index in [-0.39, 0.29) is 5.56 Å². The molecule has 0 unspecified atom stereocenters. The Morgan fingerprint density at radius 2 is 2.20 bits per heavy atom. The molecule has 80 valence electrons. The molecular formula is C10H11F2N3. The van der Waals surface area contributed by atoms with Crippen molar-refractivity contribution >= 4 is 11.0 Å². The molecule has 0 aliphatic carbocycles. The number of nitrogens with zero attached hydrogens (tertiary/aromatic N) is 1. The van der Waals surface area contributed by atoms with E-state index in [0.717, 1.165) is 0 Å². The number of hydrogen-bond acceptors (Lipinski definition) is 2. The van der Waals surface area contributed by atoms with Gasteiger partial charge in [0.15, 0.2) is 0 Å². The van der Waals surface area contributed by atoms with Gasteiger partial charge in [-0.1, -0.05) is 6.07 Å². The van der Waals surface area contributed by atoms with Gasteiger partial charge >= 0.3 is 0 Å². The van der Waals surface area contributed by atoms with E-state index in [2.05, 4.69) is 9.97 Å². The molecule has 0 bridgehead atoms. The average molecular weight is 211 g/mol. The van der Waals surface area contributed by atoms with Crippen LogP contribution in [0.3, 0.4) is 0 Å². The van der Waals surface area contributed by atoms with E-state index < -0.39 is 12.5 Å². The summed E-state index contributed by atoms with van der Waals surface area (Å²) in [6, 6.07) is 4.31. The lowest BCUT2D eigenvalue weighted by atomic mass is 10.1. The molecule has 0 radical (unpaired) electrons. The summed E-state index contributed by atoms with van der Waals surface area (Å²) >= 11 is 0. The van der Waals surface area contributed by atoms with Gasteiger partial charge in [-0.05, 0) is 19.1 Å². The summed E-state index contributed by atoms with van der Waals surface area (Å²) in [4.78, 5) is 7.04. The maximum atomic E-state index is 13.3. The summed E-state index contributed by atoms with van der Waals surface area (Å²) in [5, 5.41) is 0. The number of alkyl halides is 2. The molecule has 0 aliphatic heterocycles. The predicted molar refractivity (Wildman–Crippen MR) is 53.8 cm³/mol. The smallest absolute Gasteiger partial charge is 0.285 e. The highest BCUT2D eigenvalue weighted by Gasteiger charge is 2.29. The van der Waals surface area contributed by atoms with Crippen LogP contribution >= 0.6 is 0 Å². The molecule has 0 atom stereocenters. The van der Waals surface area contributed by atoms with Crippen LogP contribution in [0.4, 0.5) is 8.78 Å². The summed E-state index contributed by atoms with van der Waals surface area (Å²) < 4.78 is 26.5. The minimum Gasteiger partial charge on any atom is -0.342 e. The number of halogens is 2. The number of H-pyrrole nitrogens is 1. The summed E-state index contributed by atoms with van der Waals surface area (Å²) in [7, 11) is 0. The molecular weight excluding hydrogens is 200 g/mol. The number of nitrogens with two attached hydrogens (primary N) is 1. The lowest BCUT2D eigenvalue weighted by Gasteiger charge is -2.13. The average Bonchev–Trinajstić information content (AvgIpc) is 2.56.